The Morgan fingerprint density at radius 1 is 1.22 bits per heavy atom. The summed E-state index contributed by atoms with van der Waals surface area (Å²) in [4.78, 5) is 8.02. The van der Waals surface area contributed by atoms with Gasteiger partial charge in [-0.05, 0) is 43.0 Å². The van der Waals surface area contributed by atoms with Crippen molar-refractivity contribution in [3.05, 3.63) is 64.3 Å². The fraction of sp³-hybridized carbons (Fsp3) is 0.278. The van der Waals surface area contributed by atoms with E-state index in [0.717, 1.165) is 28.7 Å². The highest BCUT2D eigenvalue weighted by atomic mass is 35.5. The molecule has 5 heteroatoms. The summed E-state index contributed by atoms with van der Waals surface area (Å²) >= 11 is 7.72. The minimum absolute atomic E-state index is 0.399. The van der Waals surface area contributed by atoms with Gasteiger partial charge in [-0.15, -0.1) is 11.3 Å². The van der Waals surface area contributed by atoms with Gasteiger partial charge in [0.05, 0.1) is 10.6 Å². The Bertz CT molecular complexity index is 752. The van der Waals surface area contributed by atoms with Gasteiger partial charge in [0.15, 0.2) is 0 Å². The van der Waals surface area contributed by atoms with E-state index in [1.165, 1.54) is 5.56 Å². The third-order valence-electron chi connectivity index (χ3n) is 3.65. The quantitative estimate of drug-likeness (QED) is 0.593. The standard InChI is InChI=1S/C18H19ClN2OS/c1-13(2)21(10-14-5-3-6-15(19)9-14)11-16-12-22-18(20-16)17-7-4-8-23-17/h3-9,12-13H,10-11H2,1-2H3. The van der Waals surface area contributed by atoms with Gasteiger partial charge in [0.25, 0.3) is 0 Å². The molecule has 0 aliphatic rings. The van der Waals surface area contributed by atoms with Gasteiger partial charge in [-0.25, -0.2) is 4.98 Å². The van der Waals surface area contributed by atoms with E-state index in [4.69, 9.17) is 16.0 Å². The number of aromatic nitrogens is 1. The van der Waals surface area contributed by atoms with Gasteiger partial charge >= 0.3 is 0 Å². The molecule has 23 heavy (non-hydrogen) atoms. The molecule has 2 aromatic heterocycles. The maximum atomic E-state index is 6.08. The lowest BCUT2D eigenvalue weighted by Gasteiger charge is -2.25. The molecule has 0 radical (unpaired) electrons. The number of halogens is 1. The van der Waals surface area contributed by atoms with Crippen LogP contribution in [0.2, 0.25) is 5.02 Å². The summed E-state index contributed by atoms with van der Waals surface area (Å²) in [6.45, 7) is 5.95. The third kappa shape index (κ3) is 4.22. The molecule has 3 rings (SSSR count). The van der Waals surface area contributed by atoms with E-state index in [1.807, 2.05) is 35.7 Å². The van der Waals surface area contributed by atoms with Crippen molar-refractivity contribution in [3.63, 3.8) is 0 Å². The number of nitrogens with zero attached hydrogens (tertiary/aromatic N) is 2. The maximum Gasteiger partial charge on any atom is 0.236 e. The van der Waals surface area contributed by atoms with Gasteiger partial charge in [0.2, 0.25) is 5.89 Å². The molecule has 0 fully saturated rings. The topological polar surface area (TPSA) is 29.3 Å². The van der Waals surface area contributed by atoms with Crippen molar-refractivity contribution in [1.82, 2.24) is 9.88 Å². The molecule has 0 bridgehead atoms. The van der Waals surface area contributed by atoms with E-state index < -0.39 is 0 Å². The number of oxazole rings is 1. The van der Waals surface area contributed by atoms with Crippen LogP contribution >= 0.6 is 22.9 Å². The zero-order valence-electron chi connectivity index (χ0n) is 13.2. The first kappa shape index (κ1) is 16.2. The molecule has 0 atom stereocenters. The van der Waals surface area contributed by atoms with Crippen LogP contribution in [0.4, 0.5) is 0 Å². The SMILES string of the molecule is CC(C)N(Cc1cccc(Cl)c1)Cc1coc(-c2cccs2)n1. The number of thiophene rings is 1. The maximum absolute atomic E-state index is 6.08. The van der Waals surface area contributed by atoms with E-state index >= 15 is 0 Å². The highest BCUT2D eigenvalue weighted by Gasteiger charge is 2.15. The number of hydrogen-bond donors (Lipinski definition) is 0. The average molecular weight is 347 g/mol. The second-order valence-corrected chi connectivity index (χ2v) is 7.13. The Balaban J connectivity index is 1.72. The summed E-state index contributed by atoms with van der Waals surface area (Å²) in [7, 11) is 0. The summed E-state index contributed by atoms with van der Waals surface area (Å²) in [5.41, 5.74) is 2.15. The van der Waals surface area contributed by atoms with Crippen molar-refractivity contribution >= 4 is 22.9 Å². The molecule has 0 unspecified atom stereocenters. The first-order chi connectivity index (χ1) is 11.1. The predicted molar refractivity (Wildman–Crippen MR) is 95.7 cm³/mol. The Morgan fingerprint density at radius 3 is 2.78 bits per heavy atom. The largest absolute Gasteiger partial charge is 0.444 e. The van der Waals surface area contributed by atoms with Crippen molar-refractivity contribution in [2.45, 2.75) is 33.0 Å². The molecule has 0 aliphatic carbocycles. The lowest BCUT2D eigenvalue weighted by molar-refractivity contribution is 0.201. The third-order valence-corrected chi connectivity index (χ3v) is 4.75. The molecule has 0 saturated carbocycles. The zero-order valence-corrected chi connectivity index (χ0v) is 14.8. The first-order valence-electron chi connectivity index (χ1n) is 7.58. The van der Waals surface area contributed by atoms with Crippen LogP contribution in [0.25, 0.3) is 10.8 Å². The van der Waals surface area contributed by atoms with Gasteiger partial charge in [-0.1, -0.05) is 29.8 Å². The molecule has 1 aromatic carbocycles. The van der Waals surface area contributed by atoms with Crippen LogP contribution in [0.1, 0.15) is 25.1 Å². The predicted octanol–water partition coefficient (Wildman–Crippen LogP) is 5.47. The van der Waals surface area contributed by atoms with Crippen molar-refractivity contribution < 1.29 is 4.42 Å². The summed E-state index contributed by atoms with van der Waals surface area (Å²) in [5.74, 6) is 0.696. The molecule has 120 valence electrons. The van der Waals surface area contributed by atoms with Crippen molar-refractivity contribution in [3.8, 4) is 10.8 Å². The lowest BCUT2D eigenvalue weighted by Crippen LogP contribution is -2.29. The molecule has 0 spiro atoms. The van der Waals surface area contributed by atoms with Crippen LogP contribution in [-0.2, 0) is 13.1 Å². The smallest absolute Gasteiger partial charge is 0.236 e. The summed E-state index contributed by atoms with van der Waals surface area (Å²) in [5, 5.41) is 2.80. The Hall–Kier alpha value is -1.62. The van der Waals surface area contributed by atoms with Crippen LogP contribution < -0.4 is 0 Å². The van der Waals surface area contributed by atoms with Crippen molar-refractivity contribution in [1.29, 1.82) is 0 Å². The van der Waals surface area contributed by atoms with E-state index in [1.54, 1.807) is 17.6 Å². The zero-order chi connectivity index (χ0) is 16.2. The summed E-state index contributed by atoms with van der Waals surface area (Å²) in [6.07, 6.45) is 1.75. The fourth-order valence-electron chi connectivity index (χ4n) is 2.39. The van der Waals surface area contributed by atoms with Crippen LogP contribution in [0, 0.1) is 0 Å². The van der Waals surface area contributed by atoms with Gasteiger partial charge < -0.3 is 4.42 Å². The molecular weight excluding hydrogens is 328 g/mol. The van der Waals surface area contributed by atoms with E-state index in [-0.39, 0.29) is 0 Å². The van der Waals surface area contributed by atoms with Gasteiger partial charge in [-0.3, -0.25) is 4.90 Å². The second-order valence-electron chi connectivity index (χ2n) is 5.75. The van der Waals surface area contributed by atoms with E-state index in [2.05, 4.69) is 29.8 Å². The summed E-state index contributed by atoms with van der Waals surface area (Å²) < 4.78 is 5.61. The molecule has 0 saturated heterocycles. The normalized spacial score (nSPS) is 11.5. The van der Waals surface area contributed by atoms with Gasteiger partial charge in [0.1, 0.15) is 6.26 Å². The molecule has 0 aliphatic heterocycles. The van der Waals surface area contributed by atoms with Crippen LogP contribution in [-0.4, -0.2) is 15.9 Å². The second kappa shape index (κ2) is 7.30. The minimum atomic E-state index is 0.399. The van der Waals surface area contributed by atoms with Crippen LogP contribution in [0.15, 0.2) is 52.5 Å². The van der Waals surface area contributed by atoms with Crippen molar-refractivity contribution in [2.75, 3.05) is 0 Å². The van der Waals surface area contributed by atoms with Crippen LogP contribution in [0.5, 0.6) is 0 Å². The number of benzene rings is 1. The minimum Gasteiger partial charge on any atom is -0.444 e. The Labute approximate surface area is 145 Å². The lowest BCUT2D eigenvalue weighted by atomic mass is 10.2. The van der Waals surface area contributed by atoms with E-state index in [0.29, 0.717) is 11.9 Å². The van der Waals surface area contributed by atoms with E-state index in [9.17, 15) is 0 Å². The number of rotatable bonds is 6. The Kier molecular flexibility index (Phi) is 5.16. The van der Waals surface area contributed by atoms with Crippen LogP contribution in [0.3, 0.4) is 0 Å². The summed E-state index contributed by atoms with van der Waals surface area (Å²) in [6, 6.07) is 12.4. The van der Waals surface area contributed by atoms with Gasteiger partial charge in [-0.2, -0.15) is 0 Å². The highest BCUT2D eigenvalue weighted by Crippen LogP contribution is 2.24. The first-order valence-corrected chi connectivity index (χ1v) is 8.84. The molecule has 0 N–H and O–H groups in total. The molecule has 3 aromatic rings. The molecule has 0 amide bonds. The molecule has 2 heterocycles. The fourth-order valence-corrected chi connectivity index (χ4v) is 3.26. The van der Waals surface area contributed by atoms with Gasteiger partial charge in [0, 0.05) is 24.2 Å². The number of hydrogen-bond acceptors (Lipinski definition) is 4. The van der Waals surface area contributed by atoms with Crippen molar-refractivity contribution in [2.24, 2.45) is 0 Å². The monoisotopic (exact) mass is 346 g/mol. The molecule has 3 nitrogen and oxygen atoms in total. The Morgan fingerprint density at radius 2 is 2.09 bits per heavy atom. The highest BCUT2D eigenvalue weighted by molar-refractivity contribution is 7.13. The molecular formula is C18H19ClN2OS. The average Bonchev–Trinajstić information content (AvgIpc) is 3.17.